The van der Waals surface area contributed by atoms with Crippen molar-refractivity contribution < 1.29 is 9.53 Å². The molecule has 1 aromatic rings. The number of aromatic nitrogens is 1. The molecule has 102 valence electrons. The number of rotatable bonds is 3. The van der Waals surface area contributed by atoms with Crippen LogP contribution in [0.15, 0.2) is 24.5 Å². The molecule has 5 heteroatoms. The molecule has 2 fully saturated rings. The van der Waals surface area contributed by atoms with Gasteiger partial charge in [-0.25, -0.2) is 0 Å². The zero-order valence-electron chi connectivity index (χ0n) is 10.9. The third-order valence-electron chi connectivity index (χ3n) is 3.89. The van der Waals surface area contributed by atoms with Gasteiger partial charge in [-0.1, -0.05) is 0 Å². The smallest absolute Gasteiger partial charge is 0.251 e. The predicted octanol–water partition coefficient (Wildman–Crippen LogP) is 0.675. The van der Waals surface area contributed by atoms with Crippen LogP contribution in [0, 0.1) is 0 Å². The van der Waals surface area contributed by atoms with Crippen molar-refractivity contribution in [3.63, 3.8) is 0 Å². The van der Waals surface area contributed by atoms with E-state index in [-0.39, 0.29) is 12.0 Å². The van der Waals surface area contributed by atoms with Gasteiger partial charge in [-0.05, 0) is 31.5 Å². The van der Waals surface area contributed by atoms with Gasteiger partial charge in [0.2, 0.25) is 0 Å². The van der Waals surface area contributed by atoms with Gasteiger partial charge in [-0.2, -0.15) is 0 Å². The summed E-state index contributed by atoms with van der Waals surface area (Å²) < 4.78 is 5.81. The Morgan fingerprint density at radius 3 is 3.16 bits per heavy atom. The zero-order chi connectivity index (χ0) is 13.1. The Kier molecular flexibility index (Phi) is 3.75. The van der Waals surface area contributed by atoms with Crippen LogP contribution in [0.5, 0.6) is 0 Å². The van der Waals surface area contributed by atoms with Gasteiger partial charge >= 0.3 is 0 Å². The molecule has 0 radical (unpaired) electrons. The van der Waals surface area contributed by atoms with E-state index >= 15 is 0 Å². The molecule has 5 nitrogen and oxygen atoms in total. The highest BCUT2D eigenvalue weighted by atomic mass is 16.5. The van der Waals surface area contributed by atoms with Crippen LogP contribution in [0.3, 0.4) is 0 Å². The fourth-order valence-electron chi connectivity index (χ4n) is 2.82. The number of morpholine rings is 1. The minimum absolute atomic E-state index is 0.0606. The van der Waals surface area contributed by atoms with E-state index in [0.717, 1.165) is 13.2 Å². The summed E-state index contributed by atoms with van der Waals surface area (Å²) in [4.78, 5) is 18.3. The molecule has 0 bridgehead atoms. The molecule has 3 heterocycles. The van der Waals surface area contributed by atoms with Crippen molar-refractivity contribution in [1.29, 1.82) is 0 Å². The average Bonchev–Trinajstić information content (AvgIpc) is 2.93. The second-order valence-corrected chi connectivity index (χ2v) is 5.19. The normalized spacial score (nSPS) is 26.9. The number of carbonyl (C=O) groups excluding carboxylic acids is 1. The summed E-state index contributed by atoms with van der Waals surface area (Å²) in [7, 11) is 0. The zero-order valence-corrected chi connectivity index (χ0v) is 10.9. The van der Waals surface area contributed by atoms with Gasteiger partial charge in [0.25, 0.3) is 5.91 Å². The van der Waals surface area contributed by atoms with Crippen LogP contribution in [0.4, 0.5) is 0 Å². The van der Waals surface area contributed by atoms with Gasteiger partial charge < -0.3 is 10.1 Å². The average molecular weight is 261 g/mol. The molecular weight excluding hydrogens is 242 g/mol. The largest absolute Gasteiger partial charge is 0.373 e. The number of hydrogen-bond donors (Lipinski definition) is 1. The standard InChI is InChI=1S/C14H19N3O2/c18-14(11-3-5-15-6-4-11)16-8-13-9-17-7-1-2-12(17)10-19-13/h3-6,12-13H,1-2,7-10H2,(H,16,18)/t12-,13-/m0/s1. The molecule has 2 aliphatic heterocycles. The maximum atomic E-state index is 11.9. The fraction of sp³-hybridized carbons (Fsp3) is 0.571. The van der Waals surface area contributed by atoms with Crippen LogP contribution in [0.25, 0.3) is 0 Å². The number of amides is 1. The molecule has 0 aromatic carbocycles. The lowest BCUT2D eigenvalue weighted by Gasteiger charge is -2.35. The quantitative estimate of drug-likeness (QED) is 0.869. The van der Waals surface area contributed by atoms with Gasteiger partial charge in [0.15, 0.2) is 0 Å². The van der Waals surface area contributed by atoms with Gasteiger partial charge in [0.05, 0.1) is 12.7 Å². The number of pyridine rings is 1. The van der Waals surface area contributed by atoms with E-state index in [1.807, 2.05) is 0 Å². The highest BCUT2D eigenvalue weighted by molar-refractivity contribution is 5.93. The van der Waals surface area contributed by atoms with Gasteiger partial charge in [0, 0.05) is 37.1 Å². The van der Waals surface area contributed by atoms with E-state index in [1.165, 1.54) is 19.4 Å². The first-order valence-electron chi connectivity index (χ1n) is 6.87. The van der Waals surface area contributed by atoms with Crippen molar-refractivity contribution in [3.05, 3.63) is 30.1 Å². The topological polar surface area (TPSA) is 54.5 Å². The van der Waals surface area contributed by atoms with E-state index in [2.05, 4.69) is 15.2 Å². The summed E-state index contributed by atoms with van der Waals surface area (Å²) in [5.74, 6) is -0.0606. The second-order valence-electron chi connectivity index (χ2n) is 5.19. The van der Waals surface area contributed by atoms with Gasteiger partial charge in [-0.15, -0.1) is 0 Å². The molecule has 19 heavy (non-hydrogen) atoms. The van der Waals surface area contributed by atoms with Crippen LogP contribution < -0.4 is 5.32 Å². The maximum absolute atomic E-state index is 11.9. The first kappa shape index (κ1) is 12.6. The van der Waals surface area contributed by atoms with Crippen molar-refractivity contribution in [2.75, 3.05) is 26.2 Å². The first-order valence-corrected chi connectivity index (χ1v) is 6.87. The third kappa shape index (κ3) is 2.93. The number of nitrogens with zero attached hydrogens (tertiary/aromatic N) is 2. The van der Waals surface area contributed by atoms with Crippen molar-refractivity contribution >= 4 is 5.91 Å². The lowest BCUT2D eigenvalue weighted by Crippen LogP contribution is -2.50. The SMILES string of the molecule is O=C(NC[C@H]1CN2CCC[C@H]2CO1)c1ccncc1. The summed E-state index contributed by atoms with van der Waals surface area (Å²) in [6.45, 7) is 3.48. The Labute approximate surface area is 113 Å². The van der Waals surface area contributed by atoms with Crippen molar-refractivity contribution in [2.24, 2.45) is 0 Å². The Morgan fingerprint density at radius 1 is 1.47 bits per heavy atom. The first-order chi connectivity index (χ1) is 9.33. The summed E-state index contributed by atoms with van der Waals surface area (Å²) in [6.07, 6.45) is 5.88. The summed E-state index contributed by atoms with van der Waals surface area (Å²) in [6, 6.07) is 4.04. The minimum Gasteiger partial charge on any atom is -0.373 e. The number of carbonyl (C=O) groups is 1. The van der Waals surface area contributed by atoms with Crippen molar-refractivity contribution in [1.82, 2.24) is 15.2 Å². The Balaban J connectivity index is 1.49. The number of nitrogens with one attached hydrogen (secondary N) is 1. The van der Waals surface area contributed by atoms with Gasteiger partial charge in [-0.3, -0.25) is 14.7 Å². The molecule has 2 atom stereocenters. The molecule has 0 saturated carbocycles. The highest BCUT2D eigenvalue weighted by Crippen LogP contribution is 2.22. The molecule has 0 aliphatic carbocycles. The molecule has 0 unspecified atom stereocenters. The Bertz CT molecular complexity index is 438. The Hall–Kier alpha value is -1.46. The number of hydrogen-bond acceptors (Lipinski definition) is 4. The molecular formula is C14H19N3O2. The highest BCUT2D eigenvalue weighted by Gasteiger charge is 2.32. The summed E-state index contributed by atoms with van der Waals surface area (Å²) in [5.41, 5.74) is 0.643. The maximum Gasteiger partial charge on any atom is 0.251 e. The molecule has 3 rings (SSSR count). The van der Waals surface area contributed by atoms with E-state index in [0.29, 0.717) is 18.2 Å². The Morgan fingerprint density at radius 2 is 2.32 bits per heavy atom. The van der Waals surface area contributed by atoms with Crippen LogP contribution in [-0.4, -0.2) is 54.2 Å². The van der Waals surface area contributed by atoms with Crippen LogP contribution in [0.2, 0.25) is 0 Å². The monoisotopic (exact) mass is 261 g/mol. The van der Waals surface area contributed by atoms with E-state index in [4.69, 9.17) is 4.74 Å². The summed E-state index contributed by atoms with van der Waals surface area (Å²) >= 11 is 0. The van der Waals surface area contributed by atoms with Crippen LogP contribution in [-0.2, 0) is 4.74 Å². The summed E-state index contributed by atoms with van der Waals surface area (Å²) in [5, 5.41) is 2.93. The van der Waals surface area contributed by atoms with E-state index < -0.39 is 0 Å². The fourth-order valence-corrected chi connectivity index (χ4v) is 2.82. The third-order valence-corrected chi connectivity index (χ3v) is 3.89. The number of ether oxygens (including phenoxy) is 1. The molecule has 1 aromatic heterocycles. The lowest BCUT2D eigenvalue weighted by molar-refractivity contribution is -0.0461. The van der Waals surface area contributed by atoms with E-state index in [1.54, 1.807) is 24.5 Å². The van der Waals surface area contributed by atoms with E-state index in [9.17, 15) is 4.79 Å². The van der Waals surface area contributed by atoms with Gasteiger partial charge in [0.1, 0.15) is 0 Å². The van der Waals surface area contributed by atoms with Crippen LogP contribution >= 0.6 is 0 Å². The molecule has 2 aliphatic rings. The minimum atomic E-state index is -0.0606. The molecule has 1 N–H and O–H groups in total. The van der Waals surface area contributed by atoms with Crippen molar-refractivity contribution in [3.8, 4) is 0 Å². The second kappa shape index (κ2) is 5.67. The molecule has 2 saturated heterocycles. The lowest BCUT2D eigenvalue weighted by atomic mass is 10.2. The molecule has 0 spiro atoms. The predicted molar refractivity (Wildman–Crippen MR) is 70.9 cm³/mol. The van der Waals surface area contributed by atoms with Crippen molar-refractivity contribution in [2.45, 2.75) is 25.0 Å². The van der Waals surface area contributed by atoms with Crippen LogP contribution in [0.1, 0.15) is 23.2 Å². The molecule has 1 amide bonds. The number of fused-ring (bicyclic) bond motifs is 1.